The maximum Gasteiger partial charge on any atom is 0.106 e. The summed E-state index contributed by atoms with van der Waals surface area (Å²) in [5.41, 5.74) is 6.37. The van der Waals surface area contributed by atoms with Crippen LogP contribution in [0.25, 0.3) is 10.2 Å². The van der Waals surface area contributed by atoms with Crippen LogP contribution in [0.5, 0.6) is 0 Å². The predicted molar refractivity (Wildman–Crippen MR) is 87.1 cm³/mol. The number of nitrogens with one attached hydrogen (secondary N) is 1. The SMILES string of the molecule is Cn1ncc2c1CCCC2Nc1c(Cl)ccc2scnc12. The van der Waals surface area contributed by atoms with Crippen LogP contribution in [-0.4, -0.2) is 14.8 Å². The first-order valence-corrected chi connectivity index (χ1v) is 8.29. The van der Waals surface area contributed by atoms with Gasteiger partial charge in [0.05, 0.1) is 33.2 Å². The van der Waals surface area contributed by atoms with Crippen molar-refractivity contribution in [2.45, 2.75) is 25.3 Å². The Bertz CT molecular complexity index is 807. The lowest BCUT2D eigenvalue weighted by Crippen LogP contribution is -2.18. The molecule has 0 radical (unpaired) electrons. The second-order valence-electron chi connectivity index (χ2n) is 5.38. The number of aryl methyl sites for hydroxylation is 1. The van der Waals surface area contributed by atoms with Gasteiger partial charge in [-0.05, 0) is 31.4 Å². The van der Waals surface area contributed by atoms with Crippen molar-refractivity contribution in [2.24, 2.45) is 7.05 Å². The lowest BCUT2D eigenvalue weighted by molar-refractivity contribution is 0.572. The van der Waals surface area contributed by atoms with E-state index in [0.29, 0.717) is 0 Å². The lowest BCUT2D eigenvalue weighted by Gasteiger charge is -2.25. The monoisotopic (exact) mass is 318 g/mol. The van der Waals surface area contributed by atoms with Crippen molar-refractivity contribution in [3.8, 4) is 0 Å². The average molecular weight is 319 g/mol. The quantitative estimate of drug-likeness (QED) is 0.771. The average Bonchev–Trinajstić information content (AvgIpc) is 3.10. The van der Waals surface area contributed by atoms with Gasteiger partial charge < -0.3 is 5.32 Å². The number of anilines is 1. The van der Waals surface area contributed by atoms with E-state index in [9.17, 15) is 0 Å². The number of benzene rings is 1. The van der Waals surface area contributed by atoms with Gasteiger partial charge in [-0.1, -0.05) is 11.6 Å². The molecule has 0 saturated carbocycles. The number of nitrogens with zero attached hydrogens (tertiary/aromatic N) is 3. The summed E-state index contributed by atoms with van der Waals surface area (Å²) in [6.45, 7) is 0. The lowest BCUT2D eigenvalue weighted by atomic mass is 9.93. The summed E-state index contributed by atoms with van der Waals surface area (Å²) in [6, 6.07) is 4.22. The highest BCUT2D eigenvalue weighted by Gasteiger charge is 2.24. The van der Waals surface area contributed by atoms with Crippen molar-refractivity contribution in [3.63, 3.8) is 0 Å². The molecule has 0 spiro atoms. The van der Waals surface area contributed by atoms with Crippen molar-refractivity contribution < 1.29 is 0 Å². The largest absolute Gasteiger partial charge is 0.375 e. The van der Waals surface area contributed by atoms with Crippen molar-refractivity contribution >= 4 is 38.8 Å². The fourth-order valence-corrected chi connectivity index (χ4v) is 3.97. The minimum atomic E-state index is 0.257. The van der Waals surface area contributed by atoms with Gasteiger partial charge >= 0.3 is 0 Å². The molecule has 2 aromatic heterocycles. The highest BCUT2D eigenvalue weighted by molar-refractivity contribution is 7.16. The summed E-state index contributed by atoms with van der Waals surface area (Å²) in [5, 5.41) is 8.73. The normalized spacial score (nSPS) is 17.9. The molecule has 1 aliphatic rings. The number of fused-ring (bicyclic) bond motifs is 2. The third kappa shape index (κ3) is 2.12. The smallest absolute Gasteiger partial charge is 0.106 e. The van der Waals surface area contributed by atoms with Gasteiger partial charge in [0.25, 0.3) is 0 Å². The molecule has 3 aromatic rings. The fraction of sp³-hybridized carbons (Fsp3) is 0.333. The van der Waals surface area contributed by atoms with E-state index in [1.54, 1.807) is 11.3 Å². The van der Waals surface area contributed by atoms with Gasteiger partial charge in [0, 0.05) is 18.3 Å². The van der Waals surface area contributed by atoms with E-state index in [1.165, 1.54) is 11.3 Å². The maximum absolute atomic E-state index is 6.39. The molecule has 108 valence electrons. The Morgan fingerprint density at radius 3 is 3.24 bits per heavy atom. The van der Waals surface area contributed by atoms with Gasteiger partial charge in [-0.3, -0.25) is 4.68 Å². The summed E-state index contributed by atoms with van der Waals surface area (Å²) in [4.78, 5) is 4.46. The molecule has 0 saturated heterocycles. The number of thiazole rings is 1. The second-order valence-corrected chi connectivity index (χ2v) is 6.67. The van der Waals surface area contributed by atoms with Gasteiger partial charge in [0.2, 0.25) is 0 Å². The maximum atomic E-state index is 6.39. The van der Waals surface area contributed by atoms with Crippen LogP contribution in [0.1, 0.15) is 30.1 Å². The highest BCUT2D eigenvalue weighted by atomic mass is 35.5. The molecular weight excluding hydrogens is 304 g/mol. The fourth-order valence-electron chi connectivity index (χ4n) is 3.07. The molecule has 1 unspecified atom stereocenters. The molecule has 2 heterocycles. The second kappa shape index (κ2) is 5.00. The van der Waals surface area contributed by atoms with E-state index in [2.05, 4.69) is 15.4 Å². The summed E-state index contributed by atoms with van der Waals surface area (Å²) in [7, 11) is 2.01. The van der Waals surface area contributed by atoms with Crippen LogP contribution in [0, 0.1) is 0 Å². The molecule has 0 bridgehead atoms. The number of rotatable bonds is 2. The molecule has 21 heavy (non-hydrogen) atoms. The van der Waals surface area contributed by atoms with E-state index >= 15 is 0 Å². The molecule has 0 fully saturated rings. The molecule has 6 heteroatoms. The first-order valence-electron chi connectivity index (χ1n) is 7.03. The minimum Gasteiger partial charge on any atom is -0.375 e. The Morgan fingerprint density at radius 1 is 1.43 bits per heavy atom. The van der Waals surface area contributed by atoms with Crippen molar-refractivity contribution in [3.05, 3.63) is 40.1 Å². The zero-order valence-corrected chi connectivity index (χ0v) is 13.2. The highest BCUT2D eigenvalue weighted by Crippen LogP contribution is 2.38. The van der Waals surface area contributed by atoms with Crippen LogP contribution in [0.4, 0.5) is 5.69 Å². The van der Waals surface area contributed by atoms with Gasteiger partial charge in [-0.2, -0.15) is 5.10 Å². The first kappa shape index (κ1) is 13.1. The minimum absolute atomic E-state index is 0.257. The molecular formula is C15H15ClN4S. The Labute approximate surface area is 131 Å². The van der Waals surface area contributed by atoms with E-state index in [-0.39, 0.29) is 6.04 Å². The molecule has 1 aliphatic carbocycles. The number of halogens is 1. The standard InChI is InChI=1S/C15H15ClN4S/c1-20-12-4-2-3-11(9(12)7-18-20)19-14-10(16)5-6-13-15(14)17-8-21-13/h5-8,11,19H,2-4H2,1H3. The molecule has 1 atom stereocenters. The predicted octanol–water partition coefficient (Wildman–Crippen LogP) is 4.17. The van der Waals surface area contributed by atoms with Gasteiger partial charge in [-0.25, -0.2) is 4.98 Å². The topological polar surface area (TPSA) is 42.7 Å². The van der Waals surface area contributed by atoms with Crippen LogP contribution in [0.3, 0.4) is 0 Å². The molecule has 0 aliphatic heterocycles. The number of aromatic nitrogens is 3. The molecule has 1 N–H and O–H groups in total. The van der Waals surface area contributed by atoms with Crippen molar-refractivity contribution in [2.75, 3.05) is 5.32 Å². The van der Waals surface area contributed by atoms with Crippen molar-refractivity contribution in [1.29, 1.82) is 0 Å². The molecule has 0 amide bonds. The van der Waals surface area contributed by atoms with Crippen molar-refractivity contribution in [1.82, 2.24) is 14.8 Å². The van der Waals surface area contributed by atoms with Crippen LogP contribution < -0.4 is 5.32 Å². The van der Waals surface area contributed by atoms with E-state index < -0.39 is 0 Å². The van der Waals surface area contributed by atoms with Crippen LogP contribution in [-0.2, 0) is 13.5 Å². The van der Waals surface area contributed by atoms with Gasteiger partial charge in [-0.15, -0.1) is 11.3 Å². The zero-order valence-electron chi connectivity index (χ0n) is 11.6. The Kier molecular flexibility index (Phi) is 3.12. The Balaban J connectivity index is 1.76. The third-order valence-electron chi connectivity index (χ3n) is 4.15. The number of hydrogen-bond donors (Lipinski definition) is 1. The Morgan fingerprint density at radius 2 is 2.33 bits per heavy atom. The Hall–Kier alpha value is -1.59. The van der Waals surface area contributed by atoms with Crippen LogP contribution in [0.15, 0.2) is 23.8 Å². The molecule has 4 nitrogen and oxygen atoms in total. The third-order valence-corrected chi connectivity index (χ3v) is 5.25. The van der Waals surface area contributed by atoms with Gasteiger partial charge in [0.15, 0.2) is 0 Å². The summed E-state index contributed by atoms with van der Waals surface area (Å²) < 4.78 is 3.14. The first-order chi connectivity index (χ1) is 10.2. The van der Waals surface area contributed by atoms with Gasteiger partial charge in [0.1, 0.15) is 5.52 Å². The molecule has 1 aromatic carbocycles. The summed E-state index contributed by atoms with van der Waals surface area (Å²) >= 11 is 8.03. The summed E-state index contributed by atoms with van der Waals surface area (Å²) in [5.74, 6) is 0. The van der Waals surface area contributed by atoms with Crippen LogP contribution >= 0.6 is 22.9 Å². The zero-order chi connectivity index (χ0) is 14.4. The van der Waals surface area contributed by atoms with E-state index in [1.807, 2.05) is 35.6 Å². The summed E-state index contributed by atoms with van der Waals surface area (Å²) in [6.07, 6.45) is 5.32. The molecule has 4 rings (SSSR count). The number of hydrogen-bond acceptors (Lipinski definition) is 4. The van der Waals surface area contributed by atoms with E-state index in [4.69, 9.17) is 11.6 Å². The van der Waals surface area contributed by atoms with E-state index in [0.717, 1.165) is 40.2 Å². The van der Waals surface area contributed by atoms with Crippen LogP contribution in [0.2, 0.25) is 5.02 Å².